The zero-order valence-corrected chi connectivity index (χ0v) is 17.8. The van der Waals surface area contributed by atoms with E-state index in [1.165, 1.54) is 0 Å². The van der Waals surface area contributed by atoms with Gasteiger partial charge >= 0.3 is 11.8 Å². The van der Waals surface area contributed by atoms with Crippen LogP contribution in [-0.2, 0) is 16.1 Å². The van der Waals surface area contributed by atoms with Crippen molar-refractivity contribution in [2.24, 2.45) is 5.10 Å². The molecular formula is C23H23ClN4O2. The minimum atomic E-state index is -0.826. The summed E-state index contributed by atoms with van der Waals surface area (Å²) in [6, 6.07) is 17.1. The largest absolute Gasteiger partial charge is 0.344 e. The Morgan fingerprint density at radius 3 is 2.43 bits per heavy atom. The second-order valence-electron chi connectivity index (χ2n) is 6.96. The predicted molar refractivity (Wildman–Crippen MR) is 119 cm³/mol. The van der Waals surface area contributed by atoms with Crippen LogP contribution in [0.15, 0.2) is 59.7 Å². The Hall–Kier alpha value is -3.38. The molecule has 3 rings (SSSR count). The first-order valence-corrected chi connectivity index (χ1v) is 9.85. The number of nitrogens with zero attached hydrogens (tertiary/aromatic N) is 2. The maximum Gasteiger partial charge on any atom is 0.329 e. The van der Waals surface area contributed by atoms with Crippen LogP contribution >= 0.6 is 11.6 Å². The van der Waals surface area contributed by atoms with Gasteiger partial charge in [-0.25, -0.2) is 5.43 Å². The van der Waals surface area contributed by atoms with E-state index in [1.807, 2.05) is 32.0 Å². The van der Waals surface area contributed by atoms with Crippen molar-refractivity contribution in [1.82, 2.24) is 15.3 Å². The maximum atomic E-state index is 12.0. The number of hydrazone groups is 1. The SMILES string of the molecule is Cc1ccccc1-n1c(C)cc(/C=N\NC(=O)C(=O)NCc2ccc(Cl)cc2)c1C. The predicted octanol–water partition coefficient (Wildman–Crippen LogP) is 3.82. The van der Waals surface area contributed by atoms with Crippen LogP contribution in [0.25, 0.3) is 5.69 Å². The molecule has 0 aliphatic rings. The van der Waals surface area contributed by atoms with Gasteiger partial charge in [0.25, 0.3) is 0 Å². The monoisotopic (exact) mass is 422 g/mol. The van der Waals surface area contributed by atoms with Crippen LogP contribution < -0.4 is 10.7 Å². The summed E-state index contributed by atoms with van der Waals surface area (Å²) in [5, 5.41) is 7.10. The molecule has 0 aliphatic heterocycles. The molecule has 1 heterocycles. The average molecular weight is 423 g/mol. The minimum Gasteiger partial charge on any atom is -0.344 e. The first-order chi connectivity index (χ1) is 14.4. The summed E-state index contributed by atoms with van der Waals surface area (Å²) in [4.78, 5) is 23.9. The zero-order chi connectivity index (χ0) is 21.7. The fraction of sp³-hybridized carbons (Fsp3) is 0.174. The van der Waals surface area contributed by atoms with E-state index in [4.69, 9.17) is 11.6 Å². The molecule has 0 atom stereocenters. The van der Waals surface area contributed by atoms with Gasteiger partial charge in [-0.1, -0.05) is 41.9 Å². The van der Waals surface area contributed by atoms with Gasteiger partial charge in [-0.05, 0) is 56.2 Å². The number of amides is 2. The lowest BCUT2D eigenvalue weighted by Crippen LogP contribution is -2.37. The molecule has 0 spiro atoms. The number of aryl methyl sites for hydroxylation is 2. The Bertz CT molecular complexity index is 1100. The van der Waals surface area contributed by atoms with E-state index in [-0.39, 0.29) is 6.54 Å². The fourth-order valence-electron chi connectivity index (χ4n) is 3.18. The number of hydrogen-bond donors (Lipinski definition) is 2. The van der Waals surface area contributed by atoms with Gasteiger partial charge in [-0.2, -0.15) is 5.10 Å². The van der Waals surface area contributed by atoms with Crippen molar-refractivity contribution in [3.63, 3.8) is 0 Å². The number of rotatable bonds is 5. The second kappa shape index (κ2) is 9.41. The first kappa shape index (κ1) is 21.3. The van der Waals surface area contributed by atoms with Crippen LogP contribution in [0.4, 0.5) is 0 Å². The van der Waals surface area contributed by atoms with Crippen LogP contribution in [0.1, 0.15) is 28.1 Å². The normalized spacial score (nSPS) is 10.9. The van der Waals surface area contributed by atoms with Crippen molar-refractivity contribution in [3.05, 3.63) is 87.7 Å². The molecule has 0 aliphatic carbocycles. The van der Waals surface area contributed by atoms with E-state index in [1.54, 1.807) is 30.5 Å². The summed E-state index contributed by atoms with van der Waals surface area (Å²) >= 11 is 5.83. The van der Waals surface area contributed by atoms with Gasteiger partial charge in [0.1, 0.15) is 0 Å². The highest BCUT2D eigenvalue weighted by Gasteiger charge is 2.13. The van der Waals surface area contributed by atoms with Crippen LogP contribution in [0.5, 0.6) is 0 Å². The minimum absolute atomic E-state index is 0.227. The molecule has 0 radical (unpaired) electrons. The third kappa shape index (κ3) is 4.96. The number of carbonyl (C=O) groups excluding carboxylic acids is 2. The van der Waals surface area contributed by atoms with Crippen LogP contribution in [0.3, 0.4) is 0 Å². The zero-order valence-electron chi connectivity index (χ0n) is 17.1. The van der Waals surface area contributed by atoms with Gasteiger partial charge in [0.2, 0.25) is 0 Å². The van der Waals surface area contributed by atoms with Gasteiger partial charge in [-0.3, -0.25) is 9.59 Å². The van der Waals surface area contributed by atoms with Crippen molar-refractivity contribution < 1.29 is 9.59 Å². The molecule has 0 saturated heterocycles. The molecule has 30 heavy (non-hydrogen) atoms. The van der Waals surface area contributed by atoms with Crippen molar-refractivity contribution in [1.29, 1.82) is 0 Å². The molecule has 0 fully saturated rings. The molecule has 0 unspecified atom stereocenters. The van der Waals surface area contributed by atoms with Gasteiger partial charge in [0.15, 0.2) is 0 Å². The van der Waals surface area contributed by atoms with E-state index in [9.17, 15) is 9.59 Å². The Labute approximate surface area is 180 Å². The van der Waals surface area contributed by atoms with Crippen LogP contribution in [0, 0.1) is 20.8 Å². The lowest BCUT2D eigenvalue weighted by atomic mass is 10.2. The van der Waals surface area contributed by atoms with Crippen molar-refractivity contribution in [3.8, 4) is 5.69 Å². The summed E-state index contributed by atoms with van der Waals surface area (Å²) in [6.45, 7) is 6.29. The summed E-state index contributed by atoms with van der Waals surface area (Å²) < 4.78 is 2.14. The molecule has 7 heteroatoms. The Kier molecular flexibility index (Phi) is 6.69. The number of halogens is 1. The molecule has 0 bridgehead atoms. The average Bonchev–Trinajstić information content (AvgIpc) is 3.01. The first-order valence-electron chi connectivity index (χ1n) is 9.47. The lowest BCUT2D eigenvalue weighted by Gasteiger charge is -2.12. The number of aromatic nitrogens is 1. The highest BCUT2D eigenvalue weighted by atomic mass is 35.5. The van der Waals surface area contributed by atoms with E-state index in [0.717, 1.165) is 33.8 Å². The standard InChI is InChI=1S/C23H23ClN4O2/c1-15-6-4-5-7-21(15)28-16(2)12-19(17(28)3)14-26-27-23(30)22(29)25-13-18-8-10-20(24)11-9-18/h4-12,14H,13H2,1-3H3,(H,25,29)(H,27,30)/b26-14-. The van der Waals surface area contributed by atoms with Crippen molar-refractivity contribution in [2.75, 3.05) is 0 Å². The maximum absolute atomic E-state index is 12.0. The van der Waals surface area contributed by atoms with Crippen molar-refractivity contribution >= 4 is 29.6 Å². The molecule has 154 valence electrons. The smallest absolute Gasteiger partial charge is 0.329 e. The van der Waals surface area contributed by atoms with Gasteiger partial charge < -0.3 is 9.88 Å². The molecular weight excluding hydrogens is 400 g/mol. The Morgan fingerprint density at radius 2 is 1.73 bits per heavy atom. The summed E-state index contributed by atoms with van der Waals surface area (Å²) in [5.74, 6) is -1.58. The highest BCUT2D eigenvalue weighted by molar-refractivity contribution is 6.35. The van der Waals surface area contributed by atoms with E-state index >= 15 is 0 Å². The van der Waals surface area contributed by atoms with Crippen LogP contribution in [0.2, 0.25) is 5.02 Å². The number of carbonyl (C=O) groups is 2. The summed E-state index contributed by atoms with van der Waals surface area (Å²) in [5.41, 5.74) is 8.27. The molecule has 2 N–H and O–H groups in total. The molecule has 6 nitrogen and oxygen atoms in total. The number of hydrogen-bond acceptors (Lipinski definition) is 3. The number of para-hydroxylation sites is 1. The molecule has 2 aromatic carbocycles. The number of benzene rings is 2. The number of nitrogens with one attached hydrogen (secondary N) is 2. The van der Waals surface area contributed by atoms with Gasteiger partial charge in [-0.15, -0.1) is 0 Å². The third-order valence-corrected chi connectivity index (χ3v) is 5.02. The summed E-state index contributed by atoms with van der Waals surface area (Å²) in [6.07, 6.45) is 1.54. The van der Waals surface area contributed by atoms with E-state index in [2.05, 4.69) is 39.5 Å². The van der Waals surface area contributed by atoms with E-state index < -0.39 is 11.8 Å². The van der Waals surface area contributed by atoms with Gasteiger partial charge in [0, 0.05) is 34.2 Å². The molecule has 0 saturated carbocycles. The van der Waals surface area contributed by atoms with Crippen LogP contribution in [-0.4, -0.2) is 22.6 Å². The topological polar surface area (TPSA) is 75.5 Å². The third-order valence-electron chi connectivity index (χ3n) is 4.77. The summed E-state index contributed by atoms with van der Waals surface area (Å²) in [7, 11) is 0. The molecule has 3 aromatic rings. The van der Waals surface area contributed by atoms with E-state index in [0.29, 0.717) is 5.02 Å². The fourth-order valence-corrected chi connectivity index (χ4v) is 3.31. The van der Waals surface area contributed by atoms with Crippen molar-refractivity contribution in [2.45, 2.75) is 27.3 Å². The van der Waals surface area contributed by atoms with Gasteiger partial charge in [0.05, 0.1) is 6.21 Å². The lowest BCUT2D eigenvalue weighted by molar-refractivity contribution is -0.139. The Balaban J connectivity index is 1.61. The Morgan fingerprint density at radius 1 is 1.03 bits per heavy atom. The quantitative estimate of drug-likeness (QED) is 0.372. The molecule has 1 aromatic heterocycles. The second-order valence-corrected chi connectivity index (χ2v) is 7.39. The molecule has 2 amide bonds. The highest BCUT2D eigenvalue weighted by Crippen LogP contribution is 2.22.